The van der Waals surface area contributed by atoms with Crippen LogP contribution in [0.4, 0.5) is 0 Å². The van der Waals surface area contributed by atoms with Crippen LogP contribution in [-0.4, -0.2) is 57.3 Å². The SMILES string of the molecule is CCCCCCCCCCC/C=C\C/C=C\CCCCCCCCCCCCCCCCCCC(O)C(=O)NC(CO)C(O)C(O)CCCCCCCCCCCCCCCC. The van der Waals surface area contributed by atoms with E-state index in [1.807, 2.05) is 0 Å². The summed E-state index contributed by atoms with van der Waals surface area (Å²) >= 11 is 0. The van der Waals surface area contributed by atoms with Crippen LogP contribution in [-0.2, 0) is 4.79 Å². The highest BCUT2D eigenvalue weighted by atomic mass is 16.3. The minimum Gasteiger partial charge on any atom is -0.394 e. The van der Waals surface area contributed by atoms with Gasteiger partial charge in [0.2, 0.25) is 5.91 Å². The lowest BCUT2D eigenvalue weighted by Crippen LogP contribution is -2.53. The molecule has 0 aromatic heterocycles. The van der Waals surface area contributed by atoms with Crippen molar-refractivity contribution < 1.29 is 25.2 Å². The van der Waals surface area contributed by atoms with Gasteiger partial charge in [0, 0.05) is 0 Å². The lowest BCUT2D eigenvalue weighted by Gasteiger charge is -2.27. The van der Waals surface area contributed by atoms with Crippen molar-refractivity contribution in [3.8, 4) is 0 Å². The summed E-state index contributed by atoms with van der Waals surface area (Å²) in [5.74, 6) is -0.580. The molecular formula is C56H109NO5. The van der Waals surface area contributed by atoms with E-state index in [1.54, 1.807) is 0 Å². The number of carbonyl (C=O) groups excluding carboxylic acids is 1. The Morgan fingerprint density at radius 3 is 1.02 bits per heavy atom. The van der Waals surface area contributed by atoms with Crippen LogP contribution in [0.1, 0.15) is 296 Å². The Balaban J connectivity index is 3.57. The van der Waals surface area contributed by atoms with Crippen LogP contribution < -0.4 is 5.32 Å². The summed E-state index contributed by atoms with van der Waals surface area (Å²) in [6, 6.07) is -0.983. The van der Waals surface area contributed by atoms with Gasteiger partial charge in [0.05, 0.1) is 18.8 Å². The predicted molar refractivity (Wildman–Crippen MR) is 270 cm³/mol. The number of nitrogens with one attached hydrogen (secondary N) is 1. The van der Waals surface area contributed by atoms with E-state index in [2.05, 4.69) is 43.5 Å². The summed E-state index contributed by atoms with van der Waals surface area (Å²) in [6.45, 7) is 4.07. The minimum absolute atomic E-state index is 0.372. The number of amides is 1. The fraction of sp³-hybridized carbons (Fsp3) is 0.911. The van der Waals surface area contributed by atoms with Gasteiger partial charge < -0.3 is 25.7 Å². The maximum Gasteiger partial charge on any atom is 0.249 e. The number of rotatable bonds is 51. The standard InChI is InChI=1S/C56H109NO5/c1-3-5-7-9-11-13-15-17-19-20-21-22-23-24-25-26-27-28-29-30-31-32-33-34-35-36-38-40-42-44-46-48-50-54(60)56(62)57-52(51-58)55(61)53(59)49-47-45-43-41-39-37-18-16-14-12-10-8-6-4-2/h21-22,24-25,52-55,58-61H,3-20,23,26-51H2,1-2H3,(H,57,62)/b22-21-,25-24-. The first-order valence-corrected chi connectivity index (χ1v) is 27.7. The summed E-state index contributed by atoms with van der Waals surface area (Å²) in [5.41, 5.74) is 0. The van der Waals surface area contributed by atoms with Gasteiger partial charge in [-0.25, -0.2) is 0 Å². The molecule has 4 unspecified atom stereocenters. The zero-order valence-electron chi connectivity index (χ0n) is 41.6. The average molecular weight is 876 g/mol. The smallest absolute Gasteiger partial charge is 0.249 e. The number of hydrogen-bond donors (Lipinski definition) is 5. The molecule has 6 nitrogen and oxygen atoms in total. The second-order valence-electron chi connectivity index (χ2n) is 19.3. The van der Waals surface area contributed by atoms with Gasteiger partial charge in [0.1, 0.15) is 12.2 Å². The van der Waals surface area contributed by atoms with Gasteiger partial charge in [-0.1, -0.05) is 276 Å². The van der Waals surface area contributed by atoms with Gasteiger partial charge in [-0.3, -0.25) is 4.79 Å². The Morgan fingerprint density at radius 2 is 0.694 bits per heavy atom. The van der Waals surface area contributed by atoms with Crippen LogP contribution in [0, 0.1) is 0 Å². The molecule has 0 rings (SSSR count). The van der Waals surface area contributed by atoms with Crippen molar-refractivity contribution in [1.29, 1.82) is 0 Å². The number of hydrogen-bond acceptors (Lipinski definition) is 5. The normalized spacial score (nSPS) is 14.0. The Bertz CT molecular complexity index is 939. The Kier molecular flexibility index (Phi) is 49.8. The van der Waals surface area contributed by atoms with E-state index in [0.29, 0.717) is 12.8 Å². The first-order valence-electron chi connectivity index (χ1n) is 27.7. The molecule has 5 N–H and O–H groups in total. The van der Waals surface area contributed by atoms with Crippen molar-refractivity contribution in [3.05, 3.63) is 24.3 Å². The highest BCUT2D eigenvalue weighted by molar-refractivity contribution is 5.80. The summed E-state index contributed by atoms with van der Waals surface area (Å²) in [4.78, 5) is 12.6. The van der Waals surface area contributed by atoms with Crippen LogP contribution in [0.5, 0.6) is 0 Å². The van der Waals surface area contributed by atoms with Crippen molar-refractivity contribution >= 4 is 5.91 Å². The minimum atomic E-state index is -1.26. The van der Waals surface area contributed by atoms with Gasteiger partial charge in [0.25, 0.3) is 0 Å². The molecule has 0 bridgehead atoms. The molecule has 0 spiro atoms. The molecule has 0 aromatic rings. The molecule has 62 heavy (non-hydrogen) atoms. The van der Waals surface area contributed by atoms with E-state index in [0.717, 1.165) is 44.9 Å². The van der Waals surface area contributed by atoms with Crippen molar-refractivity contribution in [2.75, 3.05) is 6.61 Å². The lowest BCUT2D eigenvalue weighted by atomic mass is 9.99. The summed E-state index contributed by atoms with van der Waals surface area (Å²) in [5, 5.41) is 43.9. The molecule has 0 saturated carbocycles. The van der Waals surface area contributed by atoms with Crippen molar-refractivity contribution in [3.63, 3.8) is 0 Å². The van der Waals surface area contributed by atoms with Crippen LogP contribution in [0.2, 0.25) is 0 Å². The van der Waals surface area contributed by atoms with Crippen LogP contribution in [0.15, 0.2) is 24.3 Å². The van der Waals surface area contributed by atoms with Gasteiger partial charge in [-0.2, -0.15) is 0 Å². The number of aliphatic hydroxyl groups is 4. The predicted octanol–water partition coefficient (Wildman–Crippen LogP) is 15.9. The van der Waals surface area contributed by atoms with Crippen LogP contribution in [0.25, 0.3) is 0 Å². The molecule has 0 aromatic carbocycles. The van der Waals surface area contributed by atoms with Crippen molar-refractivity contribution in [2.24, 2.45) is 0 Å². The van der Waals surface area contributed by atoms with E-state index in [-0.39, 0.29) is 0 Å². The fourth-order valence-electron chi connectivity index (χ4n) is 8.79. The zero-order chi connectivity index (χ0) is 45.2. The first kappa shape index (κ1) is 60.8. The number of aliphatic hydroxyl groups excluding tert-OH is 4. The van der Waals surface area contributed by atoms with Gasteiger partial charge in [-0.05, 0) is 44.9 Å². The first-order chi connectivity index (χ1) is 30.5. The maximum absolute atomic E-state index is 12.6. The highest BCUT2D eigenvalue weighted by Crippen LogP contribution is 2.18. The van der Waals surface area contributed by atoms with Gasteiger partial charge in [-0.15, -0.1) is 0 Å². The van der Waals surface area contributed by atoms with Crippen molar-refractivity contribution in [1.82, 2.24) is 5.32 Å². The van der Waals surface area contributed by atoms with Crippen LogP contribution in [0.3, 0.4) is 0 Å². The Labute approximate surface area is 386 Å². The second-order valence-corrected chi connectivity index (χ2v) is 19.3. The molecule has 0 fully saturated rings. The second kappa shape index (κ2) is 50.8. The molecule has 0 saturated heterocycles. The third-order valence-electron chi connectivity index (χ3n) is 13.2. The Morgan fingerprint density at radius 1 is 0.403 bits per heavy atom. The molecule has 6 heteroatoms. The third kappa shape index (κ3) is 44.0. The van der Waals surface area contributed by atoms with E-state index in [9.17, 15) is 25.2 Å². The third-order valence-corrected chi connectivity index (χ3v) is 13.2. The largest absolute Gasteiger partial charge is 0.394 e. The van der Waals surface area contributed by atoms with E-state index < -0.39 is 36.9 Å². The molecular weight excluding hydrogens is 767 g/mol. The summed E-state index contributed by atoms with van der Waals surface area (Å²) in [6.07, 6.45) is 61.0. The molecule has 368 valence electrons. The fourth-order valence-corrected chi connectivity index (χ4v) is 8.79. The highest BCUT2D eigenvalue weighted by Gasteiger charge is 2.28. The topological polar surface area (TPSA) is 110 Å². The molecule has 0 aliphatic carbocycles. The quantitative estimate of drug-likeness (QED) is 0.0309. The zero-order valence-corrected chi connectivity index (χ0v) is 41.6. The molecule has 0 aliphatic rings. The Hall–Kier alpha value is -1.21. The molecule has 1 amide bonds. The van der Waals surface area contributed by atoms with Gasteiger partial charge >= 0.3 is 0 Å². The van der Waals surface area contributed by atoms with Crippen molar-refractivity contribution in [2.45, 2.75) is 321 Å². The van der Waals surface area contributed by atoms with E-state index in [1.165, 1.54) is 225 Å². The summed E-state index contributed by atoms with van der Waals surface area (Å²) in [7, 11) is 0. The average Bonchev–Trinajstić information content (AvgIpc) is 3.28. The molecule has 0 heterocycles. The van der Waals surface area contributed by atoms with E-state index in [4.69, 9.17) is 0 Å². The monoisotopic (exact) mass is 876 g/mol. The maximum atomic E-state index is 12.6. The number of allylic oxidation sites excluding steroid dienone is 4. The molecule has 0 radical (unpaired) electrons. The molecule has 4 atom stereocenters. The molecule has 0 aliphatic heterocycles. The number of carbonyl (C=O) groups is 1. The number of unbranched alkanes of at least 4 members (excludes halogenated alkanes) is 38. The van der Waals surface area contributed by atoms with Gasteiger partial charge in [0.15, 0.2) is 0 Å². The summed E-state index contributed by atoms with van der Waals surface area (Å²) < 4.78 is 0. The van der Waals surface area contributed by atoms with Crippen LogP contribution >= 0.6 is 0 Å². The lowest BCUT2D eigenvalue weighted by molar-refractivity contribution is -0.132. The van der Waals surface area contributed by atoms with E-state index >= 15 is 0 Å².